The number of sulfonamides is 1. The number of nitrogens with zero attached hydrogens (tertiary/aromatic N) is 1. The van der Waals surface area contributed by atoms with Gasteiger partial charge in [0.25, 0.3) is 5.91 Å². The number of carbonyl (C=O) groups is 1. The molecule has 19 heavy (non-hydrogen) atoms. The second kappa shape index (κ2) is 6.83. The van der Waals surface area contributed by atoms with Crippen molar-refractivity contribution in [3.8, 4) is 0 Å². The molecule has 0 atom stereocenters. The van der Waals surface area contributed by atoms with Crippen molar-refractivity contribution < 1.29 is 13.2 Å². The molecule has 0 aliphatic rings. The number of rotatable bonds is 6. The zero-order valence-electron chi connectivity index (χ0n) is 10.3. The van der Waals surface area contributed by atoms with Gasteiger partial charge in [-0.2, -0.15) is 0 Å². The monoisotopic (exact) mass is 350 g/mol. The summed E-state index contributed by atoms with van der Waals surface area (Å²) < 4.78 is 25.7. The first kappa shape index (κ1) is 15.9. The molecule has 0 saturated carbocycles. The molecule has 106 valence electrons. The van der Waals surface area contributed by atoms with Crippen LogP contribution in [-0.2, 0) is 10.0 Å². The van der Waals surface area contributed by atoms with Crippen LogP contribution in [0.25, 0.3) is 0 Å². The number of anilines is 1. The topological polar surface area (TPSA) is 114 Å². The molecule has 0 aromatic carbocycles. The Morgan fingerprint density at radius 3 is 2.84 bits per heavy atom. The maximum atomic E-state index is 11.8. The Labute approximate surface area is 120 Å². The summed E-state index contributed by atoms with van der Waals surface area (Å²) in [6.45, 7) is 2.00. The molecule has 1 aromatic rings. The summed E-state index contributed by atoms with van der Waals surface area (Å²) in [5.74, 6) is -0.554. The Hall–Kier alpha value is -1.19. The van der Waals surface area contributed by atoms with E-state index in [-0.39, 0.29) is 23.7 Å². The summed E-state index contributed by atoms with van der Waals surface area (Å²) in [6.07, 6.45) is 1.47. The van der Waals surface area contributed by atoms with Gasteiger partial charge in [0.2, 0.25) is 10.0 Å². The number of pyridine rings is 1. The van der Waals surface area contributed by atoms with E-state index in [1.165, 1.54) is 12.3 Å². The zero-order chi connectivity index (χ0) is 14.5. The molecule has 4 N–H and O–H groups in total. The molecule has 1 rings (SSSR count). The number of nitrogen functional groups attached to an aromatic ring is 1. The van der Waals surface area contributed by atoms with Crippen LogP contribution >= 0.6 is 15.9 Å². The van der Waals surface area contributed by atoms with Crippen LogP contribution in [0, 0.1) is 0 Å². The van der Waals surface area contributed by atoms with E-state index in [0.717, 1.165) is 0 Å². The van der Waals surface area contributed by atoms with Crippen LogP contribution in [0.15, 0.2) is 16.7 Å². The first-order valence-electron chi connectivity index (χ1n) is 5.52. The average Bonchev–Trinajstić information content (AvgIpc) is 2.31. The Balaban J connectivity index is 2.59. The van der Waals surface area contributed by atoms with Gasteiger partial charge in [-0.15, -0.1) is 0 Å². The quantitative estimate of drug-likeness (QED) is 0.672. The molecule has 0 aliphatic carbocycles. The lowest BCUT2D eigenvalue weighted by Gasteiger charge is -2.08. The normalized spacial score (nSPS) is 11.3. The second-order valence-corrected chi connectivity index (χ2v) is 6.50. The van der Waals surface area contributed by atoms with Crippen molar-refractivity contribution in [2.75, 3.05) is 24.6 Å². The van der Waals surface area contributed by atoms with Gasteiger partial charge in [0.05, 0.1) is 11.3 Å². The first-order chi connectivity index (χ1) is 8.85. The second-order valence-electron chi connectivity index (χ2n) is 3.66. The van der Waals surface area contributed by atoms with Gasteiger partial charge in [0.15, 0.2) is 0 Å². The van der Waals surface area contributed by atoms with E-state index in [4.69, 9.17) is 5.73 Å². The Kier molecular flexibility index (Phi) is 5.70. The van der Waals surface area contributed by atoms with Crippen molar-refractivity contribution >= 4 is 37.7 Å². The Morgan fingerprint density at radius 1 is 1.53 bits per heavy atom. The van der Waals surface area contributed by atoms with Crippen LogP contribution in [0.4, 0.5) is 5.82 Å². The Bertz CT molecular complexity index is 562. The van der Waals surface area contributed by atoms with E-state index in [1.807, 2.05) is 0 Å². The van der Waals surface area contributed by atoms with Gasteiger partial charge in [0, 0.05) is 23.8 Å². The third kappa shape index (κ3) is 5.13. The van der Waals surface area contributed by atoms with Crippen LogP contribution in [0.2, 0.25) is 0 Å². The standard InChI is InChI=1S/C10H15BrN4O3S/c1-2-15-19(17,18)4-3-13-10(16)8-5-7(11)6-14-9(8)12/h5-6,15H,2-4H2,1H3,(H2,12,14)(H,13,16). The van der Waals surface area contributed by atoms with Crippen molar-refractivity contribution in [1.82, 2.24) is 15.0 Å². The minimum Gasteiger partial charge on any atom is -0.383 e. The molecule has 0 aliphatic heterocycles. The number of nitrogens with one attached hydrogen (secondary N) is 2. The van der Waals surface area contributed by atoms with E-state index in [1.54, 1.807) is 6.92 Å². The molecule has 0 fully saturated rings. The SMILES string of the molecule is CCNS(=O)(=O)CCNC(=O)c1cc(Br)cnc1N. The number of nitrogens with two attached hydrogens (primary N) is 1. The minimum absolute atomic E-state index is 0.000119. The van der Waals surface area contributed by atoms with Crippen molar-refractivity contribution in [3.05, 3.63) is 22.3 Å². The van der Waals surface area contributed by atoms with E-state index >= 15 is 0 Å². The van der Waals surface area contributed by atoms with Gasteiger partial charge in [0.1, 0.15) is 5.82 Å². The highest BCUT2D eigenvalue weighted by Gasteiger charge is 2.13. The summed E-state index contributed by atoms with van der Waals surface area (Å²) >= 11 is 3.18. The molecule has 7 nitrogen and oxygen atoms in total. The van der Waals surface area contributed by atoms with Gasteiger partial charge >= 0.3 is 0 Å². The highest BCUT2D eigenvalue weighted by atomic mass is 79.9. The molecule has 1 amide bonds. The van der Waals surface area contributed by atoms with Gasteiger partial charge < -0.3 is 11.1 Å². The highest BCUT2D eigenvalue weighted by Crippen LogP contribution is 2.15. The number of carbonyl (C=O) groups excluding carboxylic acids is 1. The van der Waals surface area contributed by atoms with Crippen LogP contribution in [0.1, 0.15) is 17.3 Å². The Morgan fingerprint density at radius 2 is 2.21 bits per heavy atom. The van der Waals surface area contributed by atoms with Crippen LogP contribution in [0.5, 0.6) is 0 Å². The summed E-state index contributed by atoms with van der Waals surface area (Å²) in [4.78, 5) is 15.6. The average molecular weight is 351 g/mol. The van der Waals surface area contributed by atoms with Crippen LogP contribution in [0.3, 0.4) is 0 Å². The summed E-state index contributed by atoms with van der Waals surface area (Å²) in [7, 11) is -3.35. The van der Waals surface area contributed by atoms with E-state index < -0.39 is 15.9 Å². The number of hydrogen-bond acceptors (Lipinski definition) is 5. The summed E-state index contributed by atoms with van der Waals surface area (Å²) in [6, 6.07) is 1.52. The predicted molar refractivity (Wildman–Crippen MR) is 76.1 cm³/mol. The minimum atomic E-state index is -3.35. The van der Waals surface area contributed by atoms with Gasteiger partial charge in [-0.3, -0.25) is 4.79 Å². The van der Waals surface area contributed by atoms with Gasteiger partial charge in [-0.1, -0.05) is 6.92 Å². The van der Waals surface area contributed by atoms with Crippen LogP contribution < -0.4 is 15.8 Å². The lowest BCUT2D eigenvalue weighted by Crippen LogP contribution is -2.34. The number of halogens is 1. The first-order valence-corrected chi connectivity index (χ1v) is 7.97. The molecule has 1 aromatic heterocycles. The number of hydrogen-bond donors (Lipinski definition) is 3. The third-order valence-electron chi connectivity index (χ3n) is 2.15. The summed E-state index contributed by atoms with van der Waals surface area (Å²) in [5, 5.41) is 2.48. The molecule has 0 spiro atoms. The third-order valence-corrected chi connectivity index (χ3v) is 4.05. The van der Waals surface area contributed by atoms with Gasteiger partial charge in [-0.25, -0.2) is 18.1 Å². The van der Waals surface area contributed by atoms with E-state index in [2.05, 4.69) is 31.0 Å². The van der Waals surface area contributed by atoms with Crippen molar-refractivity contribution in [3.63, 3.8) is 0 Å². The van der Waals surface area contributed by atoms with Crippen molar-refractivity contribution in [1.29, 1.82) is 0 Å². The summed E-state index contributed by atoms with van der Waals surface area (Å²) in [5.41, 5.74) is 5.78. The van der Waals surface area contributed by atoms with Gasteiger partial charge in [-0.05, 0) is 22.0 Å². The predicted octanol–water partition coefficient (Wildman–Crippen LogP) is 0.0954. The van der Waals surface area contributed by atoms with E-state index in [0.29, 0.717) is 11.0 Å². The lowest BCUT2D eigenvalue weighted by atomic mass is 10.2. The largest absolute Gasteiger partial charge is 0.383 e. The zero-order valence-corrected chi connectivity index (χ0v) is 12.7. The molecular formula is C10H15BrN4O3S. The molecular weight excluding hydrogens is 336 g/mol. The number of amides is 1. The molecule has 0 bridgehead atoms. The van der Waals surface area contributed by atoms with Crippen molar-refractivity contribution in [2.45, 2.75) is 6.92 Å². The smallest absolute Gasteiger partial charge is 0.255 e. The number of aromatic nitrogens is 1. The highest BCUT2D eigenvalue weighted by molar-refractivity contribution is 9.10. The maximum Gasteiger partial charge on any atom is 0.255 e. The molecule has 0 saturated heterocycles. The molecule has 0 radical (unpaired) electrons. The fraction of sp³-hybridized carbons (Fsp3) is 0.400. The fourth-order valence-electron chi connectivity index (χ4n) is 1.32. The van der Waals surface area contributed by atoms with E-state index in [9.17, 15) is 13.2 Å². The molecule has 0 unspecified atom stereocenters. The van der Waals surface area contributed by atoms with Crippen LogP contribution in [-0.4, -0.2) is 38.2 Å². The lowest BCUT2D eigenvalue weighted by molar-refractivity contribution is 0.0956. The van der Waals surface area contributed by atoms with Crippen molar-refractivity contribution in [2.24, 2.45) is 0 Å². The maximum absolute atomic E-state index is 11.8. The molecule has 9 heteroatoms. The fourth-order valence-corrected chi connectivity index (χ4v) is 2.60. The molecule has 1 heterocycles.